The minimum Gasteiger partial charge on any atom is -0.481 e. The number of nitrogens with one attached hydrogen (secondary N) is 1. The molecule has 1 saturated heterocycles. The highest BCUT2D eigenvalue weighted by molar-refractivity contribution is 5.84. The van der Waals surface area contributed by atoms with Gasteiger partial charge in [0.2, 0.25) is 5.91 Å². The number of nitrogens with zero attached hydrogens (tertiary/aromatic N) is 1. The van der Waals surface area contributed by atoms with Crippen molar-refractivity contribution in [3.8, 4) is 11.1 Å². The van der Waals surface area contributed by atoms with Crippen molar-refractivity contribution >= 4 is 18.0 Å². The monoisotopic (exact) mass is 424 g/mol. The topological polar surface area (TPSA) is 105 Å². The summed E-state index contributed by atoms with van der Waals surface area (Å²) in [6, 6.07) is 16.1. The summed E-state index contributed by atoms with van der Waals surface area (Å²) < 4.78 is 10.6. The number of hydrogen-bond acceptors (Lipinski definition) is 5. The van der Waals surface area contributed by atoms with Gasteiger partial charge in [-0.05, 0) is 22.3 Å². The van der Waals surface area contributed by atoms with E-state index in [2.05, 4.69) is 17.4 Å². The lowest BCUT2D eigenvalue weighted by molar-refractivity contribution is -0.144. The first-order valence-electron chi connectivity index (χ1n) is 10.1. The van der Waals surface area contributed by atoms with Gasteiger partial charge in [0.1, 0.15) is 19.1 Å². The van der Waals surface area contributed by atoms with Crippen LogP contribution >= 0.6 is 0 Å². The number of methoxy groups -OCH3 is 1. The van der Waals surface area contributed by atoms with Crippen LogP contribution in [0.15, 0.2) is 48.5 Å². The van der Waals surface area contributed by atoms with Crippen LogP contribution in [0.1, 0.15) is 17.0 Å². The van der Waals surface area contributed by atoms with E-state index >= 15 is 0 Å². The number of hydrogen-bond donors (Lipinski definition) is 2. The van der Waals surface area contributed by atoms with Crippen molar-refractivity contribution in [2.75, 3.05) is 33.4 Å². The molecule has 0 bridgehead atoms. The molecule has 0 saturated carbocycles. The average molecular weight is 424 g/mol. The predicted octanol–water partition coefficient (Wildman–Crippen LogP) is 2.08. The summed E-state index contributed by atoms with van der Waals surface area (Å²) in [5, 5.41) is 11.7. The van der Waals surface area contributed by atoms with Crippen molar-refractivity contribution in [2.45, 2.75) is 12.0 Å². The third-order valence-electron chi connectivity index (χ3n) is 5.97. The maximum absolute atomic E-state index is 12.4. The molecule has 1 heterocycles. The zero-order chi connectivity index (χ0) is 22.0. The van der Waals surface area contributed by atoms with Crippen LogP contribution < -0.4 is 5.32 Å². The fourth-order valence-corrected chi connectivity index (χ4v) is 4.36. The molecule has 2 aromatic carbocycles. The summed E-state index contributed by atoms with van der Waals surface area (Å²) in [6.07, 6.45) is -1.25. The van der Waals surface area contributed by atoms with Gasteiger partial charge >= 0.3 is 12.1 Å². The van der Waals surface area contributed by atoms with E-state index in [0.29, 0.717) is 0 Å². The lowest BCUT2D eigenvalue weighted by atomic mass is 9.98. The number of alkyl carbamates (subject to hydrolysis) is 1. The second kappa shape index (κ2) is 8.77. The smallest absolute Gasteiger partial charge is 0.407 e. The molecule has 2 atom stereocenters. The van der Waals surface area contributed by atoms with Gasteiger partial charge in [-0.1, -0.05) is 48.5 Å². The Morgan fingerprint density at radius 3 is 2.19 bits per heavy atom. The van der Waals surface area contributed by atoms with Gasteiger partial charge in [0, 0.05) is 26.1 Å². The van der Waals surface area contributed by atoms with Crippen LogP contribution in [-0.2, 0) is 19.1 Å². The molecule has 8 nitrogen and oxygen atoms in total. The van der Waals surface area contributed by atoms with Gasteiger partial charge in [-0.25, -0.2) is 4.79 Å². The molecule has 2 aliphatic rings. The number of carboxylic acid groups (broad SMARTS) is 1. The molecule has 2 unspecified atom stereocenters. The molecule has 1 aliphatic heterocycles. The van der Waals surface area contributed by atoms with E-state index in [-0.39, 0.29) is 38.1 Å². The Bertz CT molecular complexity index is 962. The maximum Gasteiger partial charge on any atom is 0.407 e. The molecule has 0 radical (unpaired) electrons. The molecule has 0 spiro atoms. The number of rotatable bonds is 6. The van der Waals surface area contributed by atoms with Gasteiger partial charge in [-0.2, -0.15) is 0 Å². The van der Waals surface area contributed by atoms with E-state index < -0.39 is 24.1 Å². The number of carbonyl (C=O) groups is 3. The van der Waals surface area contributed by atoms with Crippen molar-refractivity contribution in [1.29, 1.82) is 0 Å². The summed E-state index contributed by atoms with van der Waals surface area (Å²) in [5.41, 5.74) is 4.49. The van der Waals surface area contributed by atoms with Crippen molar-refractivity contribution in [2.24, 2.45) is 5.92 Å². The number of benzene rings is 2. The normalized spacial score (nSPS) is 19.6. The quantitative estimate of drug-likeness (QED) is 0.736. The third kappa shape index (κ3) is 4.11. The van der Waals surface area contributed by atoms with E-state index in [4.69, 9.17) is 9.47 Å². The minimum absolute atomic E-state index is 0.0546. The summed E-state index contributed by atoms with van der Waals surface area (Å²) in [6.45, 7) is 0.127. The van der Waals surface area contributed by atoms with E-state index in [1.807, 2.05) is 36.4 Å². The van der Waals surface area contributed by atoms with Crippen molar-refractivity contribution in [1.82, 2.24) is 10.2 Å². The Kier molecular flexibility index (Phi) is 5.90. The number of likely N-dealkylation sites (tertiary alicyclic amines) is 1. The average Bonchev–Trinajstić information content (AvgIpc) is 3.36. The first kappa shape index (κ1) is 20.9. The number of aliphatic carboxylic acids is 1. The van der Waals surface area contributed by atoms with Crippen LogP contribution in [0.4, 0.5) is 4.79 Å². The van der Waals surface area contributed by atoms with Crippen LogP contribution in [-0.4, -0.2) is 67.4 Å². The lowest BCUT2D eigenvalue weighted by Crippen LogP contribution is -2.40. The van der Waals surface area contributed by atoms with Crippen molar-refractivity contribution < 1.29 is 29.0 Å². The fourth-order valence-electron chi connectivity index (χ4n) is 4.36. The number of carbonyl (C=O) groups excluding carboxylic acids is 2. The fraction of sp³-hybridized carbons (Fsp3) is 0.348. The highest BCUT2D eigenvalue weighted by Gasteiger charge is 2.39. The summed E-state index contributed by atoms with van der Waals surface area (Å²) in [5.74, 6) is -2.22. The molecule has 2 N–H and O–H groups in total. The van der Waals surface area contributed by atoms with Crippen LogP contribution in [0, 0.1) is 5.92 Å². The number of amides is 2. The summed E-state index contributed by atoms with van der Waals surface area (Å²) >= 11 is 0. The van der Waals surface area contributed by atoms with Crippen molar-refractivity contribution in [3.05, 3.63) is 59.7 Å². The zero-order valence-corrected chi connectivity index (χ0v) is 17.1. The molecule has 4 rings (SSSR count). The number of carboxylic acids is 1. The summed E-state index contributed by atoms with van der Waals surface area (Å²) in [4.78, 5) is 37.3. The second-order valence-electron chi connectivity index (χ2n) is 7.70. The molecule has 162 valence electrons. The van der Waals surface area contributed by atoms with E-state index in [1.54, 1.807) is 0 Å². The molecule has 1 fully saturated rings. The Labute approximate surface area is 179 Å². The first-order chi connectivity index (χ1) is 15.0. The van der Waals surface area contributed by atoms with Crippen molar-refractivity contribution in [3.63, 3.8) is 0 Å². The zero-order valence-electron chi connectivity index (χ0n) is 17.1. The largest absolute Gasteiger partial charge is 0.481 e. The highest BCUT2D eigenvalue weighted by atomic mass is 16.5. The third-order valence-corrected chi connectivity index (χ3v) is 5.97. The molecule has 8 heteroatoms. The van der Waals surface area contributed by atoms with Gasteiger partial charge in [0.15, 0.2) is 0 Å². The van der Waals surface area contributed by atoms with Crippen LogP contribution in [0.3, 0.4) is 0 Å². The molecule has 0 aromatic heterocycles. The lowest BCUT2D eigenvalue weighted by Gasteiger charge is -2.17. The van der Waals surface area contributed by atoms with Gasteiger partial charge < -0.3 is 24.8 Å². The predicted molar refractivity (Wildman–Crippen MR) is 112 cm³/mol. The molecular weight excluding hydrogens is 400 g/mol. The van der Waals surface area contributed by atoms with Crippen LogP contribution in [0.5, 0.6) is 0 Å². The van der Waals surface area contributed by atoms with Crippen LogP contribution in [0.2, 0.25) is 0 Å². The Hall–Kier alpha value is -3.39. The van der Waals surface area contributed by atoms with Gasteiger partial charge in [0.25, 0.3) is 0 Å². The highest BCUT2D eigenvalue weighted by Crippen LogP contribution is 2.44. The maximum atomic E-state index is 12.4. The van der Waals surface area contributed by atoms with E-state index in [9.17, 15) is 19.5 Å². The standard InChI is InChI=1S/C23H24N2O6/c1-30-20-12-25(11-18(20)22(27)28)21(26)10-24-23(29)31-13-19-16-8-4-2-6-14(16)15-7-3-5-9-17(15)19/h2-9,18-20H,10-13H2,1H3,(H,24,29)(H,27,28). The number of fused-ring (bicyclic) bond motifs is 3. The second-order valence-corrected chi connectivity index (χ2v) is 7.70. The Morgan fingerprint density at radius 1 is 1.03 bits per heavy atom. The Morgan fingerprint density at radius 2 is 1.65 bits per heavy atom. The number of ether oxygens (including phenoxy) is 2. The SMILES string of the molecule is COC1CN(C(=O)CNC(=O)OCC2c3ccccc3-c3ccccc32)CC1C(=O)O. The molecule has 1 aliphatic carbocycles. The molecule has 31 heavy (non-hydrogen) atoms. The molecular formula is C23H24N2O6. The van der Waals surface area contributed by atoms with Gasteiger partial charge in [-0.15, -0.1) is 0 Å². The van der Waals surface area contributed by atoms with E-state index in [0.717, 1.165) is 22.3 Å². The van der Waals surface area contributed by atoms with E-state index in [1.165, 1.54) is 12.0 Å². The molecule has 2 aromatic rings. The Balaban J connectivity index is 1.31. The van der Waals surface area contributed by atoms with Gasteiger partial charge in [-0.3, -0.25) is 9.59 Å². The minimum atomic E-state index is -1.01. The summed E-state index contributed by atoms with van der Waals surface area (Å²) in [7, 11) is 1.42. The first-order valence-corrected chi connectivity index (χ1v) is 10.1. The van der Waals surface area contributed by atoms with Crippen LogP contribution in [0.25, 0.3) is 11.1 Å². The van der Waals surface area contributed by atoms with Gasteiger partial charge in [0.05, 0.1) is 6.10 Å². The molecule has 2 amide bonds.